The summed E-state index contributed by atoms with van der Waals surface area (Å²) in [5.41, 5.74) is 0. The van der Waals surface area contributed by atoms with Crippen LogP contribution in [-0.2, 0) is 0 Å². The fraction of sp³-hybridized carbons (Fsp3) is 0.778. The number of thioether (sulfide) groups is 1. The van der Waals surface area contributed by atoms with Crippen LogP contribution in [0.1, 0.15) is 26.6 Å². The standard InChI is InChI=1S/C9H18N4S/c1-6(2)10-5-7(3)14-9-11-8(4)12-13-9/h6-7,10H,5H2,1-4H3,(H,11,12,13). The normalized spacial score (nSPS) is 13.5. The molecule has 1 aromatic rings. The summed E-state index contributed by atoms with van der Waals surface area (Å²) in [6, 6.07) is 0.534. The van der Waals surface area contributed by atoms with Gasteiger partial charge in [0.2, 0.25) is 5.16 Å². The fourth-order valence-electron chi connectivity index (χ4n) is 0.998. The molecule has 4 nitrogen and oxygen atoms in total. The molecule has 5 heteroatoms. The number of H-pyrrole nitrogens is 1. The molecule has 0 aliphatic heterocycles. The summed E-state index contributed by atoms with van der Waals surface area (Å²) >= 11 is 1.69. The number of nitrogens with one attached hydrogen (secondary N) is 2. The van der Waals surface area contributed by atoms with E-state index in [1.807, 2.05) is 6.92 Å². The van der Waals surface area contributed by atoms with Crippen LogP contribution in [-0.4, -0.2) is 33.0 Å². The van der Waals surface area contributed by atoms with Crippen LogP contribution >= 0.6 is 11.8 Å². The van der Waals surface area contributed by atoms with Crippen molar-refractivity contribution in [2.75, 3.05) is 6.54 Å². The highest BCUT2D eigenvalue weighted by molar-refractivity contribution is 7.99. The first-order valence-electron chi connectivity index (χ1n) is 4.87. The minimum absolute atomic E-state index is 0.493. The lowest BCUT2D eigenvalue weighted by atomic mass is 10.3. The predicted octanol–water partition coefficient (Wildman–Crippen LogP) is 1.59. The second-order valence-electron chi connectivity index (χ2n) is 3.69. The van der Waals surface area contributed by atoms with Gasteiger partial charge in [0.15, 0.2) is 0 Å². The molecule has 0 aliphatic carbocycles. The molecule has 2 N–H and O–H groups in total. The third-order valence-corrected chi connectivity index (χ3v) is 2.66. The molecule has 0 aliphatic rings. The second-order valence-corrected chi connectivity index (χ2v) is 5.10. The third kappa shape index (κ3) is 4.11. The molecule has 1 heterocycles. The van der Waals surface area contributed by atoms with E-state index in [1.54, 1.807) is 11.8 Å². The Labute approximate surface area is 89.3 Å². The molecule has 0 saturated carbocycles. The van der Waals surface area contributed by atoms with Crippen molar-refractivity contribution in [3.05, 3.63) is 5.82 Å². The topological polar surface area (TPSA) is 53.6 Å². The monoisotopic (exact) mass is 214 g/mol. The molecule has 0 spiro atoms. The number of aromatic nitrogens is 3. The van der Waals surface area contributed by atoms with Crippen molar-refractivity contribution in [3.8, 4) is 0 Å². The Morgan fingerprint density at radius 2 is 2.14 bits per heavy atom. The van der Waals surface area contributed by atoms with Crippen molar-refractivity contribution in [2.24, 2.45) is 0 Å². The van der Waals surface area contributed by atoms with E-state index in [0.717, 1.165) is 17.5 Å². The molecule has 0 amide bonds. The lowest BCUT2D eigenvalue weighted by Crippen LogP contribution is -2.29. The Morgan fingerprint density at radius 3 is 2.64 bits per heavy atom. The number of nitrogens with zero attached hydrogens (tertiary/aromatic N) is 2. The van der Waals surface area contributed by atoms with Crippen LogP contribution in [0.3, 0.4) is 0 Å². The predicted molar refractivity (Wildman–Crippen MR) is 59.6 cm³/mol. The van der Waals surface area contributed by atoms with Gasteiger partial charge < -0.3 is 5.32 Å². The molecule has 14 heavy (non-hydrogen) atoms. The average molecular weight is 214 g/mol. The Bertz CT molecular complexity index is 272. The van der Waals surface area contributed by atoms with Gasteiger partial charge in [0.05, 0.1) is 0 Å². The molecule has 0 bridgehead atoms. The van der Waals surface area contributed by atoms with Gasteiger partial charge >= 0.3 is 0 Å². The van der Waals surface area contributed by atoms with Gasteiger partial charge in [-0.1, -0.05) is 32.5 Å². The fourth-order valence-corrected chi connectivity index (χ4v) is 1.83. The summed E-state index contributed by atoms with van der Waals surface area (Å²) < 4.78 is 0. The first-order valence-corrected chi connectivity index (χ1v) is 5.75. The van der Waals surface area contributed by atoms with E-state index >= 15 is 0 Å². The molecule has 1 atom stereocenters. The maximum absolute atomic E-state index is 4.25. The molecular weight excluding hydrogens is 196 g/mol. The lowest BCUT2D eigenvalue weighted by Gasteiger charge is -2.12. The number of rotatable bonds is 5. The van der Waals surface area contributed by atoms with Crippen molar-refractivity contribution in [1.29, 1.82) is 0 Å². The first-order chi connectivity index (χ1) is 6.58. The SMILES string of the molecule is Cc1nc(SC(C)CNC(C)C)n[nH]1. The smallest absolute Gasteiger partial charge is 0.208 e. The molecule has 1 aromatic heterocycles. The first kappa shape index (κ1) is 11.5. The summed E-state index contributed by atoms with van der Waals surface area (Å²) in [6.07, 6.45) is 0. The van der Waals surface area contributed by atoms with E-state index in [2.05, 4.69) is 41.3 Å². The molecule has 0 radical (unpaired) electrons. The Balaban J connectivity index is 2.30. The van der Waals surface area contributed by atoms with Crippen molar-refractivity contribution >= 4 is 11.8 Å². The summed E-state index contributed by atoms with van der Waals surface area (Å²) in [7, 11) is 0. The molecular formula is C9H18N4S. The van der Waals surface area contributed by atoms with Gasteiger partial charge in [-0.15, -0.1) is 5.10 Å². The lowest BCUT2D eigenvalue weighted by molar-refractivity contribution is 0.589. The van der Waals surface area contributed by atoms with Crippen LogP contribution in [0.4, 0.5) is 0 Å². The third-order valence-electron chi connectivity index (χ3n) is 1.70. The van der Waals surface area contributed by atoms with Crippen LogP contribution in [0.2, 0.25) is 0 Å². The maximum Gasteiger partial charge on any atom is 0.208 e. The highest BCUT2D eigenvalue weighted by Gasteiger charge is 2.08. The Morgan fingerprint density at radius 1 is 1.43 bits per heavy atom. The Hall–Kier alpha value is -0.550. The van der Waals surface area contributed by atoms with Crippen molar-refractivity contribution in [3.63, 3.8) is 0 Å². The van der Waals surface area contributed by atoms with E-state index in [9.17, 15) is 0 Å². The zero-order valence-electron chi connectivity index (χ0n) is 9.16. The van der Waals surface area contributed by atoms with Crippen LogP contribution in [0.15, 0.2) is 5.16 Å². The highest BCUT2D eigenvalue weighted by Crippen LogP contribution is 2.17. The average Bonchev–Trinajstić information content (AvgIpc) is 2.48. The van der Waals surface area contributed by atoms with Gasteiger partial charge in [-0.2, -0.15) is 0 Å². The van der Waals surface area contributed by atoms with E-state index in [0.29, 0.717) is 11.3 Å². The molecule has 0 aromatic carbocycles. The second kappa shape index (κ2) is 5.36. The van der Waals surface area contributed by atoms with Crippen molar-refractivity contribution < 1.29 is 0 Å². The molecule has 1 rings (SSSR count). The zero-order chi connectivity index (χ0) is 10.6. The van der Waals surface area contributed by atoms with Gasteiger partial charge in [-0.25, -0.2) is 4.98 Å². The van der Waals surface area contributed by atoms with E-state index in [1.165, 1.54) is 0 Å². The summed E-state index contributed by atoms with van der Waals surface area (Å²) in [6.45, 7) is 9.36. The molecule has 80 valence electrons. The summed E-state index contributed by atoms with van der Waals surface area (Å²) in [5.74, 6) is 0.872. The number of hydrogen-bond donors (Lipinski definition) is 2. The summed E-state index contributed by atoms with van der Waals surface area (Å²) in [4.78, 5) is 4.25. The van der Waals surface area contributed by atoms with E-state index in [4.69, 9.17) is 0 Å². The van der Waals surface area contributed by atoms with Crippen LogP contribution < -0.4 is 5.32 Å². The van der Waals surface area contributed by atoms with E-state index < -0.39 is 0 Å². The number of aryl methyl sites for hydroxylation is 1. The maximum atomic E-state index is 4.25. The highest BCUT2D eigenvalue weighted by atomic mass is 32.2. The number of hydrogen-bond acceptors (Lipinski definition) is 4. The van der Waals surface area contributed by atoms with Gasteiger partial charge in [0.25, 0.3) is 0 Å². The largest absolute Gasteiger partial charge is 0.313 e. The summed E-state index contributed by atoms with van der Waals surface area (Å²) in [5, 5.41) is 11.6. The van der Waals surface area contributed by atoms with Crippen LogP contribution in [0.5, 0.6) is 0 Å². The Kier molecular flexibility index (Phi) is 4.41. The van der Waals surface area contributed by atoms with Crippen molar-refractivity contribution in [2.45, 2.75) is 44.1 Å². The molecule has 1 unspecified atom stereocenters. The minimum atomic E-state index is 0.493. The zero-order valence-corrected chi connectivity index (χ0v) is 9.98. The quantitative estimate of drug-likeness (QED) is 0.731. The van der Waals surface area contributed by atoms with Crippen LogP contribution in [0.25, 0.3) is 0 Å². The van der Waals surface area contributed by atoms with Crippen LogP contribution in [0, 0.1) is 6.92 Å². The molecule has 0 fully saturated rings. The van der Waals surface area contributed by atoms with Gasteiger partial charge in [-0.05, 0) is 6.92 Å². The van der Waals surface area contributed by atoms with Gasteiger partial charge in [-0.3, -0.25) is 5.10 Å². The van der Waals surface area contributed by atoms with E-state index in [-0.39, 0.29) is 0 Å². The number of aromatic amines is 1. The van der Waals surface area contributed by atoms with Gasteiger partial charge in [0, 0.05) is 17.8 Å². The molecule has 0 saturated heterocycles. The van der Waals surface area contributed by atoms with Crippen molar-refractivity contribution in [1.82, 2.24) is 20.5 Å². The van der Waals surface area contributed by atoms with Gasteiger partial charge in [0.1, 0.15) is 5.82 Å². The minimum Gasteiger partial charge on any atom is -0.313 e.